The molecule has 1 aromatic rings. The van der Waals surface area contributed by atoms with Crippen LogP contribution in [0.15, 0.2) is 29.2 Å². The number of benzene rings is 1. The molecule has 0 aliphatic heterocycles. The molecule has 0 aromatic heterocycles. The minimum atomic E-state index is -3.53. The summed E-state index contributed by atoms with van der Waals surface area (Å²) in [4.78, 5) is 0.194. The zero-order valence-corrected chi connectivity index (χ0v) is 9.43. The number of hydrogen-bond donors (Lipinski definition) is 2. The third kappa shape index (κ3) is 4.36. The van der Waals surface area contributed by atoms with Crippen molar-refractivity contribution >= 4 is 10.0 Å². The van der Waals surface area contributed by atoms with Crippen LogP contribution in [-0.4, -0.2) is 22.5 Å². The molecule has 0 saturated heterocycles. The summed E-state index contributed by atoms with van der Waals surface area (Å²) in [7, 11) is 0.217. The van der Waals surface area contributed by atoms with Crippen molar-refractivity contribution in [1.29, 1.82) is 0 Å². The van der Waals surface area contributed by atoms with Crippen LogP contribution in [0.5, 0.6) is 0 Å². The van der Waals surface area contributed by atoms with Crippen LogP contribution < -0.4 is 10.5 Å². The van der Waals surface area contributed by atoms with E-state index in [4.69, 9.17) is 5.14 Å². The maximum atomic E-state index is 10.8. The topological polar surface area (TPSA) is 72.2 Å². The van der Waals surface area contributed by atoms with Crippen LogP contribution in [0.2, 0.25) is 0 Å². The van der Waals surface area contributed by atoms with Gasteiger partial charge in [-0.1, -0.05) is 18.2 Å². The first kappa shape index (κ1) is 13.1. The molecule has 4 nitrogen and oxygen atoms in total. The van der Waals surface area contributed by atoms with Crippen molar-refractivity contribution in [1.82, 2.24) is 5.32 Å². The van der Waals surface area contributed by atoms with Gasteiger partial charge in [0.05, 0.1) is 4.90 Å². The van der Waals surface area contributed by atoms with Gasteiger partial charge in [0, 0.05) is 0 Å². The van der Waals surface area contributed by atoms with Gasteiger partial charge in [-0.15, -0.1) is 0 Å². The van der Waals surface area contributed by atoms with Crippen LogP contribution >= 0.6 is 0 Å². The van der Waals surface area contributed by atoms with Crippen molar-refractivity contribution < 1.29 is 8.42 Å². The lowest BCUT2D eigenvalue weighted by Gasteiger charge is -2.00. The van der Waals surface area contributed by atoms with Crippen LogP contribution in [-0.2, 0) is 10.0 Å². The predicted molar refractivity (Wildman–Crippen MR) is 57.5 cm³/mol. The Morgan fingerprint density at radius 3 is 1.93 bits per heavy atom. The van der Waals surface area contributed by atoms with Crippen LogP contribution in [0, 0.1) is 6.92 Å². The van der Waals surface area contributed by atoms with Crippen LogP contribution in [0.4, 0.5) is 0 Å². The van der Waals surface area contributed by atoms with Crippen molar-refractivity contribution in [2.24, 2.45) is 5.14 Å². The largest absolute Gasteiger partial charge is 0.323 e. The first-order chi connectivity index (χ1) is 6.43. The van der Waals surface area contributed by atoms with Gasteiger partial charge >= 0.3 is 0 Å². The molecule has 0 unspecified atom stereocenters. The van der Waals surface area contributed by atoms with Gasteiger partial charge in [0.15, 0.2) is 0 Å². The summed E-state index contributed by atoms with van der Waals surface area (Å²) in [6, 6.07) is 6.61. The zero-order valence-electron chi connectivity index (χ0n) is 8.61. The molecule has 0 bridgehead atoms. The molecular formula is C9H16N2O2S. The molecule has 0 atom stereocenters. The summed E-state index contributed by atoms with van der Waals surface area (Å²) in [6.45, 7) is 1.71. The van der Waals surface area contributed by atoms with E-state index >= 15 is 0 Å². The number of aryl methyl sites for hydroxylation is 1. The highest BCUT2D eigenvalue weighted by molar-refractivity contribution is 7.89. The Labute approximate surface area is 85.2 Å². The second-order valence-electron chi connectivity index (χ2n) is 2.81. The lowest BCUT2D eigenvalue weighted by Crippen LogP contribution is -2.13. The number of primary sulfonamides is 1. The Bertz CT molecular complexity index is 374. The Hall–Kier alpha value is -0.910. The van der Waals surface area contributed by atoms with Crippen LogP contribution in [0.3, 0.4) is 0 Å². The van der Waals surface area contributed by atoms with Gasteiger partial charge in [-0.05, 0) is 32.6 Å². The van der Waals surface area contributed by atoms with E-state index in [9.17, 15) is 8.42 Å². The van der Waals surface area contributed by atoms with E-state index in [1.165, 1.54) is 6.07 Å². The molecule has 0 spiro atoms. The van der Waals surface area contributed by atoms with Gasteiger partial charge in [-0.25, -0.2) is 13.6 Å². The highest BCUT2D eigenvalue weighted by Gasteiger charge is 2.08. The molecule has 0 fully saturated rings. The van der Waals surface area contributed by atoms with Crippen LogP contribution in [0.1, 0.15) is 5.56 Å². The molecule has 0 heterocycles. The summed E-state index contributed by atoms with van der Waals surface area (Å²) in [5.74, 6) is 0. The van der Waals surface area contributed by atoms with E-state index in [0.717, 1.165) is 0 Å². The molecule has 0 aliphatic carbocycles. The summed E-state index contributed by atoms with van der Waals surface area (Å²) >= 11 is 0. The van der Waals surface area contributed by atoms with Crippen molar-refractivity contribution in [2.75, 3.05) is 14.1 Å². The van der Waals surface area contributed by atoms with Gasteiger partial charge in [-0.2, -0.15) is 0 Å². The molecule has 80 valence electrons. The van der Waals surface area contributed by atoms with Crippen molar-refractivity contribution in [2.45, 2.75) is 11.8 Å². The van der Waals surface area contributed by atoms with Gasteiger partial charge in [0.2, 0.25) is 10.0 Å². The predicted octanol–water partition coefficient (Wildman–Crippen LogP) is 0.478. The van der Waals surface area contributed by atoms with E-state index in [-0.39, 0.29) is 4.90 Å². The fourth-order valence-electron chi connectivity index (χ4n) is 0.876. The Morgan fingerprint density at radius 1 is 1.21 bits per heavy atom. The first-order valence-electron chi connectivity index (χ1n) is 4.10. The van der Waals surface area contributed by atoms with Crippen molar-refractivity contribution in [3.8, 4) is 0 Å². The standard InChI is InChI=1S/C7H9NO2S.C2H7N/c1-6-4-2-3-5-7(6)11(8,9)10;1-3-2/h2-5H,1H3,(H2,8,9,10);3H,1-2H3. The summed E-state index contributed by atoms with van der Waals surface area (Å²) in [6.07, 6.45) is 0. The molecule has 0 amide bonds. The average molecular weight is 216 g/mol. The van der Waals surface area contributed by atoms with Crippen molar-refractivity contribution in [3.63, 3.8) is 0 Å². The minimum absolute atomic E-state index is 0.194. The van der Waals surface area contributed by atoms with E-state index in [0.29, 0.717) is 5.56 Å². The molecule has 5 heteroatoms. The maximum Gasteiger partial charge on any atom is 0.238 e. The highest BCUT2D eigenvalue weighted by atomic mass is 32.2. The quantitative estimate of drug-likeness (QED) is 0.717. The number of nitrogens with one attached hydrogen (secondary N) is 1. The number of rotatable bonds is 1. The highest BCUT2D eigenvalue weighted by Crippen LogP contribution is 2.10. The fraction of sp³-hybridized carbons (Fsp3) is 0.333. The third-order valence-electron chi connectivity index (χ3n) is 1.40. The lowest BCUT2D eigenvalue weighted by molar-refractivity contribution is 0.597. The Balaban J connectivity index is 0.000000500. The van der Waals surface area contributed by atoms with E-state index in [1.54, 1.807) is 25.1 Å². The molecule has 14 heavy (non-hydrogen) atoms. The van der Waals surface area contributed by atoms with E-state index in [2.05, 4.69) is 5.32 Å². The monoisotopic (exact) mass is 216 g/mol. The van der Waals surface area contributed by atoms with Gasteiger partial charge < -0.3 is 5.32 Å². The second kappa shape index (κ2) is 5.74. The summed E-state index contributed by atoms with van der Waals surface area (Å²) < 4.78 is 21.7. The molecule has 0 radical (unpaired) electrons. The normalized spacial score (nSPS) is 10.3. The molecule has 0 saturated carbocycles. The first-order valence-corrected chi connectivity index (χ1v) is 5.65. The average Bonchev–Trinajstić information content (AvgIpc) is 2.04. The lowest BCUT2D eigenvalue weighted by atomic mass is 10.2. The Morgan fingerprint density at radius 2 is 1.64 bits per heavy atom. The number of hydrogen-bond acceptors (Lipinski definition) is 3. The molecule has 1 rings (SSSR count). The SMILES string of the molecule is CNC.Cc1ccccc1S(N)(=O)=O. The number of sulfonamides is 1. The Kier molecular flexibility index (Phi) is 5.37. The minimum Gasteiger partial charge on any atom is -0.323 e. The van der Waals surface area contributed by atoms with Gasteiger partial charge in [0.1, 0.15) is 0 Å². The second-order valence-corrected chi connectivity index (χ2v) is 4.34. The maximum absolute atomic E-state index is 10.8. The third-order valence-corrected chi connectivity index (χ3v) is 2.47. The van der Waals surface area contributed by atoms with Crippen LogP contribution in [0.25, 0.3) is 0 Å². The molecular weight excluding hydrogens is 200 g/mol. The van der Waals surface area contributed by atoms with E-state index in [1.807, 2.05) is 14.1 Å². The van der Waals surface area contributed by atoms with Gasteiger partial charge in [0.25, 0.3) is 0 Å². The molecule has 3 N–H and O–H groups in total. The number of nitrogens with two attached hydrogens (primary N) is 1. The zero-order chi connectivity index (χ0) is 11.2. The summed E-state index contributed by atoms with van der Waals surface area (Å²) in [5, 5.41) is 7.68. The fourth-order valence-corrected chi connectivity index (χ4v) is 1.66. The van der Waals surface area contributed by atoms with Gasteiger partial charge in [-0.3, -0.25) is 0 Å². The molecule has 1 aromatic carbocycles. The van der Waals surface area contributed by atoms with E-state index < -0.39 is 10.0 Å². The summed E-state index contributed by atoms with van der Waals surface area (Å²) in [5.41, 5.74) is 0.676. The smallest absolute Gasteiger partial charge is 0.238 e. The molecule has 0 aliphatic rings. The van der Waals surface area contributed by atoms with Crippen molar-refractivity contribution in [3.05, 3.63) is 29.8 Å².